The van der Waals surface area contributed by atoms with E-state index in [4.69, 9.17) is 15.3 Å². The van der Waals surface area contributed by atoms with Gasteiger partial charge in [-0.05, 0) is 6.42 Å². The maximum absolute atomic E-state index is 11.1. The van der Waals surface area contributed by atoms with E-state index < -0.39 is 11.5 Å². The summed E-state index contributed by atoms with van der Waals surface area (Å²) < 4.78 is 5.72. The summed E-state index contributed by atoms with van der Waals surface area (Å²) in [5.74, 6) is 0.327. The molecular formula is C15H17N3O3. The van der Waals surface area contributed by atoms with Gasteiger partial charge in [-0.2, -0.15) is 0 Å². The number of aliphatic carboxylic acids is 1. The molecule has 0 bridgehead atoms. The van der Waals surface area contributed by atoms with Crippen molar-refractivity contribution in [2.24, 2.45) is 5.73 Å². The second-order valence-electron chi connectivity index (χ2n) is 5.41. The van der Waals surface area contributed by atoms with Crippen LogP contribution >= 0.6 is 0 Å². The number of rotatable bonds is 4. The molecule has 1 aliphatic heterocycles. The minimum Gasteiger partial charge on any atom is -0.480 e. The highest BCUT2D eigenvalue weighted by Crippen LogP contribution is 2.23. The van der Waals surface area contributed by atoms with Crippen LogP contribution in [0.2, 0.25) is 0 Å². The van der Waals surface area contributed by atoms with Crippen LogP contribution in [0.3, 0.4) is 0 Å². The van der Waals surface area contributed by atoms with Gasteiger partial charge in [-0.15, -0.1) is 0 Å². The van der Waals surface area contributed by atoms with Crippen LogP contribution in [0.5, 0.6) is 0 Å². The van der Waals surface area contributed by atoms with E-state index in [1.54, 1.807) is 6.20 Å². The van der Waals surface area contributed by atoms with E-state index in [9.17, 15) is 4.79 Å². The molecular weight excluding hydrogens is 270 g/mol. The highest BCUT2D eigenvalue weighted by atomic mass is 16.4. The number of aromatic nitrogens is 1. The zero-order chi connectivity index (χ0) is 14.9. The highest BCUT2D eigenvalue weighted by Gasteiger charge is 2.41. The molecule has 0 radical (unpaired) electrons. The second-order valence-corrected chi connectivity index (χ2v) is 5.41. The van der Waals surface area contributed by atoms with Crippen molar-refractivity contribution in [2.45, 2.75) is 18.5 Å². The smallest absolute Gasteiger partial charge is 0.325 e. The summed E-state index contributed by atoms with van der Waals surface area (Å²) in [4.78, 5) is 17.3. The highest BCUT2D eigenvalue weighted by molar-refractivity contribution is 5.79. The molecule has 0 amide bonds. The molecule has 2 aromatic rings. The van der Waals surface area contributed by atoms with Gasteiger partial charge in [0.25, 0.3) is 0 Å². The van der Waals surface area contributed by atoms with Gasteiger partial charge >= 0.3 is 5.97 Å². The van der Waals surface area contributed by atoms with Gasteiger partial charge in [-0.25, -0.2) is 4.98 Å². The lowest BCUT2D eigenvalue weighted by Crippen LogP contribution is -2.50. The summed E-state index contributed by atoms with van der Waals surface area (Å²) in [5, 5.41) is 9.12. The van der Waals surface area contributed by atoms with Gasteiger partial charge in [0.15, 0.2) is 5.76 Å². The van der Waals surface area contributed by atoms with Gasteiger partial charge in [-0.1, -0.05) is 30.3 Å². The molecule has 0 aliphatic carbocycles. The van der Waals surface area contributed by atoms with Crippen molar-refractivity contribution in [3.05, 3.63) is 42.4 Å². The van der Waals surface area contributed by atoms with Crippen LogP contribution in [-0.4, -0.2) is 39.6 Å². The third kappa shape index (κ3) is 2.81. The number of hydrogen-bond donors (Lipinski definition) is 2. The van der Waals surface area contributed by atoms with Gasteiger partial charge in [0.05, 0.1) is 12.7 Å². The lowest BCUT2D eigenvalue weighted by atomic mass is 10.0. The maximum Gasteiger partial charge on any atom is 0.325 e. The molecule has 0 spiro atoms. The molecule has 1 aromatic heterocycles. The molecule has 3 rings (SSSR count). The first-order valence-corrected chi connectivity index (χ1v) is 6.82. The Kier molecular flexibility index (Phi) is 3.48. The zero-order valence-electron chi connectivity index (χ0n) is 11.5. The predicted octanol–water partition coefficient (Wildman–Crippen LogP) is 1.33. The Morgan fingerprint density at radius 3 is 2.86 bits per heavy atom. The lowest BCUT2D eigenvalue weighted by Gasteiger charge is -2.18. The summed E-state index contributed by atoms with van der Waals surface area (Å²) >= 11 is 0. The number of hydrogen-bond acceptors (Lipinski definition) is 5. The van der Waals surface area contributed by atoms with Crippen molar-refractivity contribution in [3.8, 4) is 11.3 Å². The average molecular weight is 287 g/mol. The Bertz CT molecular complexity index is 641. The summed E-state index contributed by atoms with van der Waals surface area (Å²) in [6.45, 7) is 1.41. The van der Waals surface area contributed by atoms with Crippen molar-refractivity contribution < 1.29 is 14.3 Å². The van der Waals surface area contributed by atoms with Crippen LogP contribution in [0.25, 0.3) is 11.3 Å². The van der Waals surface area contributed by atoms with Crippen molar-refractivity contribution in [3.63, 3.8) is 0 Å². The molecule has 1 unspecified atom stereocenters. The number of carbonyl (C=O) groups is 1. The fourth-order valence-corrected chi connectivity index (χ4v) is 2.53. The molecule has 110 valence electrons. The Balaban J connectivity index is 1.68. The number of oxazole rings is 1. The number of carboxylic acids is 1. The van der Waals surface area contributed by atoms with E-state index in [-0.39, 0.29) is 0 Å². The molecule has 1 atom stereocenters. The van der Waals surface area contributed by atoms with Crippen LogP contribution in [0, 0.1) is 0 Å². The fourth-order valence-electron chi connectivity index (χ4n) is 2.53. The molecule has 21 heavy (non-hydrogen) atoms. The topological polar surface area (TPSA) is 92.6 Å². The Hall–Kier alpha value is -2.18. The van der Waals surface area contributed by atoms with Crippen molar-refractivity contribution in [1.29, 1.82) is 0 Å². The minimum absolute atomic E-state index is 0.311. The quantitative estimate of drug-likeness (QED) is 0.881. The second kappa shape index (κ2) is 5.31. The molecule has 1 aliphatic rings. The lowest BCUT2D eigenvalue weighted by molar-refractivity contribution is -0.142. The first kappa shape index (κ1) is 13.8. The van der Waals surface area contributed by atoms with Gasteiger partial charge in [0, 0.05) is 18.7 Å². The molecule has 2 heterocycles. The van der Waals surface area contributed by atoms with E-state index in [0.717, 1.165) is 5.56 Å². The van der Waals surface area contributed by atoms with Crippen molar-refractivity contribution >= 4 is 5.97 Å². The van der Waals surface area contributed by atoms with E-state index >= 15 is 0 Å². The fraction of sp³-hybridized carbons (Fsp3) is 0.333. The van der Waals surface area contributed by atoms with E-state index in [2.05, 4.69) is 4.98 Å². The zero-order valence-corrected chi connectivity index (χ0v) is 11.5. The Labute approximate surface area is 122 Å². The molecule has 0 saturated carbocycles. The molecule has 1 aromatic carbocycles. The number of nitrogens with two attached hydrogens (primary N) is 1. The number of benzene rings is 1. The number of likely N-dealkylation sites (tertiary alicyclic amines) is 1. The summed E-state index contributed by atoms with van der Waals surface area (Å²) in [6.07, 6.45) is 2.13. The molecule has 3 N–H and O–H groups in total. The van der Waals surface area contributed by atoms with Gasteiger partial charge < -0.3 is 15.3 Å². The molecule has 6 nitrogen and oxygen atoms in total. The number of carboxylic acid groups (broad SMARTS) is 1. The third-order valence-corrected chi connectivity index (χ3v) is 3.78. The SMILES string of the molecule is NC1(C(=O)O)CCN(Cc2ncc(-c3ccccc3)o2)C1. The number of nitrogens with zero attached hydrogens (tertiary/aromatic N) is 2. The maximum atomic E-state index is 11.1. The molecule has 6 heteroatoms. The van der Waals surface area contributed by atoms with E-state index in [1.807, 2.05) is 35.2 Å². The normalized spacial score (nSPS) is 22.5. The first-order chi connectivity index (χ1) is 10.1. The molecule has 1 saturated heterocycles. The van der Waals surface area contributed by atoms with Crippen LogP contribution in [0.1, 0.15) is 12.3 Å². The van der Waals surface area contributed by atoms with Gasteiger partial charge in [0.1, 0.15) is 5.54 Å². The standard InChI is InChI=1S/C15H17N3O3/c16-15(14(19)20)6-7-18(10-15)9-13-17-8-12(21-13)11-4-2-1-3-5-11/h1-5,8H,6-7,9-10,16H2,(H,19,20). The van der Waals surface area contributed by atoms with Crippen molar-refractivity contribution in [1.82, 2.24) is 9.88 Å². The molecule has 1 fully saturated rings. The van der Waals surface area contributed by atoms with Crippen LogP contribution in [0.15, 0.2) is 40.9 Å². The Morgan fingerprint density at radius 1 is 1.43 bits per heavy atom. The van der Waals surface area contributed by atoms with Gasteiger partial charge in [0.2, 0.25) is 5.89 Å². The monoisotopic (exact) mass is 287 g/mol. The summed E-state index contributed by atoms with van der Waals surface area (Å²) in [6, 6.07) is 9.73. The largest absolute Gasteiger partial charge is 0.480 e. The summed E-state index contributed by atoms with van der Waals surface area (Å²) in [7, 11) is 0. The average Bonchev–Trinajstić information content (AvgIpc) is 3.08. The predicted molar refractivity (Wildman–Crippen MR) is 76.4 cm³/mol. The van der Waals surface area contributed by atoms with E-state index in [0.29, 0.717) is 37.7 Å². The first-order valence-electron chi connectivity index (χ1n) is 6.82. The van der Waals surface area contributed by atoms with Crippen LogP contribution in [0.4, 0.5) is 0 Å². The van der Waals surface area contributed by atoms with Crippen molar-refractivity contribution in [2.75, 3.05) is 13.1 Å². The Morgan fingerprint density at radius 2 is 2.19 bits per heavy atom. The summed E-state index contributed by atoms with van der Waals surface area (Å²) in [5.41, 5.74) is 5.66. The third-order valence-electron chi connectivity index (χ3n) is 3.78. The van der Waals surface area contributed by atoms with Crippen LogP contribution in [-0.2, 0) is 11.3 Å². The minimum atomic E-state index is -1.16. The van der Waals surface area contributed by atoms with E-state index in [1.165, 1.54) is 0 Å². The van der Waals surface area contributed by atoms with Crippen LogP contribution < -0.4 is 5.73 Å². The van der Waals surface area contributed by atoms with Gasteiger partial charge in [-0.3, -0.25) is 9.69 Å².